The number of nitrogens with zero attached hydrogens (tertiary/aromatic N) is 2. The second-order valence-electron chi connectivity index (χ2n) is 5.64. The summed E-state index contributed by atoms with van der Waals surface area (Å²) >= 11 is 0. The molecule has 0 atom stereocenters. The number of nitro groups is 1. The molecular formula is C15H20N4O4. The molecule has 124 valence electrons. The number of piperidine rings is 1. The molecule has 0 spiro atoms. The largest absolute Gasteiger partial charge is 0.343 e. The highest BCUT2D eigenvalue weighted by Crippen LogP contribution is 2.21. The predicted molar refractivity (Wildman–Crippen MR) is 85.3 cm³/mol. The van der Waals surface area contributed by atoms with Gasteiger partial charge in [-0.05, 0) is 25.3 Å². The molecule has 1 aromatic carbocycles. The fraction of sp³-hybridized carbons (Fsp3) is 0.467. The number of aryl methyl sites for hydroxylation is 1. The van der Waals surface area contributed by atoms with Gasteiger partial charge in [0.1, 0.15) is 0 Å². The highest BCUT2D eigenvalue weighted by atomic mass is 16.6. The van der Waals surface area contributed by atoms with E-state index < -0.39 is 11.0 Å². The van der Waals surface area contributed by atoms with Crippen LogP contribution in [0.5, 0.6) is 0 Å². The molecule has 0 bridgehead atoms. The van der Waals surface area contributed by atoms with E-state index in [1.807, 2.05) is 0 Å². The third-order valence-electron chi connectivity index (χ3n) is 3.96. The van der Waals surface area contributed by atoms with E-state index in [0.29, 0.717) is 31.6 Å². The highest BCUT2D eigenvalue weighted by molar-refractivity contribution is 5.90. The Labute approximate surface area is 134 Å². The quantitative estimate of drug-likeness (QED) is 0.656. The molecule has 0 radical (unpaired) electrons. The van der Waals surface area contributed by atoms with Crippen LogP contribution in [0.1, 0.15) is 25.3 Å². The summed E-state index contributed by atoms with van der Waals surface area (Å²) in [7, 11) is 0. The summed E-state index contributed by atoms with van der Waals surface area (Å²) in [5.74, 6) is 0.0418. The van der Waals surface area contributed by atoms with Crippen LogP contribution in [0.15, 0.2) is 18.2 Å². The number of nitrogens with one attached hydrogen (secondary N) is 2. The number of urea groups is 1. The molecule has 0 aromatic heterocycles. The zero-order valence-corrected chi connectivity index (χ0v) is 13.2. The van der Waals surface area contributed by atoms with Crippen LogP contribution in [-0.2, 0) is 4.79 Å². The van der Waals surface area contributed by atoms with E-state index in [2.05, 4.69) is 10.6 Å². The van der Waals surface area contributed by atoms with Crippen LogP contribution in [0.3, 0.4) is 0 Å². The van der Waals surface area contributed by atoms with E-state index in [-0.39, 0.29) is 17.6 Å². The molecular weight excluding hydrogens is 300 g/mol. The lowest BCUT2D eigenvalue weighted by Gasteiger charge is -2.31. The van der Waals surface area contributed by atoms with Crippen molar-refractivity contribution in [1.82, 2.24) is 10.2 Å². The summed E-state index contributed by atoms with van der Waals surface area (Å²) in [5.41, 5.74) is 1.09. The van der Waals surface area contributed by atoms with Gasteiger partial charge in [-0.25, -0.2) is 4.79 Å². The van der Waals surface area contributed by atoms with Gasteiger partial charge >= 0.3 is 6.03 Å². The Hall–Kier alpha value is -2.64. The Morgan fingerprint density at radius 1 is 1.30 bits per heavy atom. The molecule has 0 aliphatic carbocycles. The zero-order valence-electron chi connectivity index (χ0n) is 13.2. The maximum Gasteiger partial charge on any atom is 0.319 e. The van der Waals surface area contributed by atoms with Gasteiger partial charge in [-0.2, -0.15) is 0 Å². The average Bonchev–Trinajstić information content (AvgIpc) is 2.49. The van der Waals surface area contributed by atoms with E-state index in [1.54, 1.807) is 17.9 Å². The third-order valence-corrected chi connectivity index (χ3v) is 3.96. The van der Waals surface area contributed by atoms with Crippen LogP contribution in [0, 0.1) is 17.0 Å². The molecule has 8 heteroatoms. The van der Waals surface area contributed by atoms with E-state index in [1.165, 1.54) is 19.1 Å². The van der Waals surface area contributed by atoms with Crippen molar-refractivity contribution in [1.29, 1.82) is 0 Å². The second-order valence-corrected chi connectivity index (χ2v) is 5.64. The summed E-state index contributed by atoms with van der Waals surface area (Å²) in [5, 5.41) is 16.3. The van der Waals surface area contributed by atoms with Crippen LogP contribution in [-0.4, -0.2) is 40.9 Å². The second kappa shape index (κ2) is 7.08. The van der Waals surface area contributed by atoms with Crippen LogP contribution >= 0.6 is 0 Å². The number of amides is 3. The molecule has 0 saturated carbocycles. The van der Waals surface area contributed by atoms with Crippen molar-refractivity contribution in [3.63, 3.8) is 0 Å². The van der Waals surface area contributed by atoms with E-state index >= 15 is 0 Å². The number of carbonyl (C=O) groups is 2. The smallest absolute Gasteiger partial charge is 0.319 e. The Bertz CT molecular complexity index is 624. The maximum atomic E-state index is 12.1. The van der Waals surface area contributed by atoms with Gasteiger partial charge in [-0.3, -0.25) is 14.9 Å². The van der Waals surface area contributed by atoms with E-state index in [9.17, 15) is 19.7 Å². The van der Waals surface area contributed by atoms with Crippen LogP contribution in [0.25, 0.3) is 0 Å². The van der Waals surface area contributed by atoms with Crippen LogP contribution in [0.4, 0.5) is 16.2 Å². The summed E-state index contributed by atoms with van der Waals surface area (Å²) in [6.07, 6.45) is 1.39. The molecule has 1 saturated heterocycles. The number of anilines is 1. The normalized spacial score (nSPS) is 15.1. The van der Waals surface area contributed by atoms with Crippen molar-refractivity contribution >= 4 is 23.3 Å². The van der Waals surface area contributed by atoms with Gasteiger partial charge in [0.15, 0.2) is 0 Å². The van der Waals surface area contributed by atoms with Gasteiger partial charge in [-0.1, -0.05) is 6.07 Å². The first-order valence-electron chi connectivity index (χ1n) is 7.45. The first-order chi connectivity index (χ1) is 10.9. The Morgan fingerprint density at radius 3 is 2.52 bits per heavy atom. The first-order valence-corrected chi connectivity index (χ1v) is 7.45. The summed E-state index contributed by atoms with van der Waals surface area (Å²) in [4.78, 5) is 35.4. The molecule has 1 aromatic rings. The molecule has 2 N–H and O–H groups in total. The van der Waals surface area contributed by atoms with Gasteiger partial charge in [0, 0.05) is 38.2 Å². The van der Waals surface area contributed by atoms with Gasteiger partial charge in [-0.15, -0.1) is 0 Å². The average molecular weight is 320 g/mol. The molecule has 1 heterocycles. The lowest BCUT2D eigenvalue weighted by molar-refractivity contribution is -0.384. The van der Waals surface area contributed by atoms with Crippen molar-refractivity contribution < 1.29 is 14.5 Å². The maximum absolute atomic E-state index is 12.1. The van der Waals surface area contributed by atoms with E-state index in [0.717, 1.165) is 5.56 Å². The lowest BCUT2D eigenvalue weighted by atomic mass is 10.1. The van der Waals surface area contributed by atoms with Gasteiger partial charge in [0.05, 0.1) is 10.6 Å². The number of likely N-dealkylation sites (tertiary alicyclic amines) is 1. The fourth-order valence-electron chi connectivity index (χ4n) is 2.54. The molecule has 3 amide bonds. The Balaban J connectivity index is 1.92. The zero-order chi connectivity index (χ0) is 17.0. The molecule has 8 nitrogen and oxygen atoms in total. The first kappa shape index (κ1) is 16.7. The minimum atomic E-state index is -0.500. The summed E-state index contributed by atoms with van der Waals surface area (Å²) in [6.45, 7) is 4.54. The van der Waals surface area contributed by atoms with Crippen molar-refractivity contribution in [2.45, 2.75) is 32.7 Å². The summed E-state index contributed by atoms with van der Waals surface area (Å²) < 4.78 is 0. The Kier molecular flexibility index (Phi) is 5.15. The lowest BCUT2D eigenvalue weighted by Crippen LogP contribution is -2.47. The van der Waals surface area contributed by atoms with Crippen LogP contribution in [0.2, 0.25) is 0 Å². The standard InChI is InChI=1S/C15H20N4O4/c1-10-3-4-13(19(22)23)9-14(10)17-15(21)16-12-5-7-18(8-6-12)11(2)20/h3-4,9,12H,5-8H2,1-2H3,(H2,16,17,21). The molecule has 1 aliphatic rings. The number of benzene rings is 1. The summed E-state index contributed by atoms with van der Waals surface area (Å²) in [6, 6.07) is 3.93. The highest BCUT2D eigenvalue weighted by Gasteiger charge is 2.22. The molecule has 23 heavy (non-hydrogen) atoms. The molecule has 2 rings (SSSR count). The molecule has 1 fully saturated rings. The Morgan fingerprint density at radius 2 is 1.96 bits per heavy atom. The van der Waals surface area contributed by atoms with Crippen molar-refractivity contribution in [3.8, 4) is 0 Å². The third kappa shape index (κ3) is 4.41. The van der Waals surface area contributed by atoms with Crippen LogP contribution < -0.4 is 10.6 Å². The predicted octanol–water partition coefficient (Wildman–Crippen LogP) is 2.04. The topological polar surface area (TPSA) is 105 Å². The van der Waals surface area contributed by atoms with E-state index in [4.69, 9.17) is 0 Å². The monoisotopic (exact) mass is 320 g/mol. The van der Waals surface area contributed by atoms with Gasteiger partial charge < -0.3 is 15.5 Å². The number of carbonyl (C=O) groups excluding carboxylic acids is 2. The number of rotatable bonds is 3. The van der Waals surface area contributed by atoms with Crippen molar-refractivity contribution in [3.05, 3.63) is 33.9 Å². The van der Waals surface area contributed by atoms with Crippen molar-refractivity contribution in [2.75, 3.05) is 18.4 Å². The number of hydrogen-bond acceptors (Lipinski definition) is 4. The number of nitro benzene ring substituents is 1. The van der Waals surface area contributed by atoms with Gasteiger partial charge in [0.25, 0.3) is 5.69 Å². The van der Waals surface area contributed by atoms with Crippen molar-refractivity contribution in [2.24, 2.45) is 0 Å². The number of non-ortho nitro benzene ring substituents is 1. The SMILES string of the molecule is CC(=O)N1CCC(NC(=O)Nc2cc([N+](=O)[O-])ccc2C)CC1. The molecule has 1 aliphatic heterocycles. The van der Waals surface area contributed by atoms with Gasteiger partial charge in [0.2, 0.25) is 5.91 Å². The fourth-order valence-corrected chi connectivity index (χ4v) is 2.54. The number of hydrogen-bond donors (Lipinski definition) is 2. The minimum absolute atomic E-state index is 0.00963. The molecule has 0 unspecified atom stereocenters. The minimum Gasteiger partial charge on any atom is -0.343 e.